The van der Waals surface area contributed by atoms with E-state index >= 15 is 0 Å². The van der Waals surface area contributed by atoms with Crippen molar-refractivity contribution in [1.82, 2.24) is 19.8 Å². The Balaban J connectivity index is 1.24. The van der Waals surface area contributed by atoms with Gasteiger partial charge in [-0.05, 0) is 24.6 Å². The maximum Gasteiger partial charge on any atom is 0.329 e. The van der Waals surface area contributed by atoms with Crippen molar-refractivity contribution in [3.05, 3.63) is 41.7 Å². The number of fused-ring (bicyclic) bond motifs is 1. The fourth-order valence-corrected chi connectivity index (χ4v) is 5.83. The number of hydrogen-bond donors (Lipinski definition) is 1. The Morgan fingerprint density at radius 2 is 1.72 bits per heavy atom. The van der Waals surface area contributed by atoms with Gasteiger partial charge in [-0.15, -0.1) is 0 Å². The minimum absolute atomic E-state index is 0.124. The molecule has 0 bridgehead atoms. The summed E-state index contributed by atoms with van der Waals surface area (Å²) in [4.78, 5) is 40.6. The van der Waals surface area contributed by atoms with Crippen LogP contribution >= 0.6 is 0 Å². The van der Waals surface area contributed by atoms with Crippen LogP contribution in [0.15, 0.2) is 35.5 Å². The van der Waals surface area contributed by atoms with Crippen molar-refractivity contribution >= 4 is 40.7 Å². The van der Waals surface area contributed by atoms with Gasteiger partial charge in [0.2, 0.25) is 5.95 Å². The quantitative estimate of drug-likeness (QED) is 0.506. The number of amides is 2. The predicted octanol–water partition coefficient (Wildman–Crippen LogP) is 1.30. The number of carbonyl (C=O) groups is 1. The minimum Gasteiger partial charge on any atom is -0.379 e. The van der Waals surface area contributed by atoms with Gasteiger partial charge in [-0.1, -0.05) is 6.07 Å². The SMILES string of the molecule is CN1CC(c2nc(N3CCOCC3)nc3c2CCN3C(=O)N(C)c2cccc(N(C)CCN3CCOCC3)c2)=CN=C1N. The van der Waals surface area contributed by atoms with Gasteiger partial charge in [0.25, 0.3) is 0 Å². The third-order valence-corrected chi connectivity index (χ3v) is 8.59. The third kappa shape index (κ3) is 6.24. The molecule has 4 aliphatic rings. The number of nitrogens with two attached hydrogens (primary N) is 1. The summed E-state index contributed by atoms with van der Waals surface area (Å²) < 4.78 is 11.0. The van der Waals surface area contributed by atoms with Crippen LogP contribution in [0.25, 0.3) is 5.57 Å². The van der Waals surface area contributed by atoms with E-state index in [4.69, 9.17) is 25.2 Å². The summed E-state index contributed by atoms with van der Waals surface area (Å²) in [5, 5.41) is 0. The highest BCUT2D eigenvalue weighted by atomic mass is 16.5. The third-order valence-electron chi connectivity index (χ3n) is 8.59. The first kappa shape index (κ1) is 29.1. The first-order valence-electron chi connectivity index (χ1n) is 15.0. The molecular formula is C30H42N10O3. The molecular weight excluding hydrogens is 548 g/mol. The Bertz CT molecular complexity index is 1390. The molecule has 5 heterocycles. The molecule has 43 heavy (non-hydrogen) atoms. The molecule has 2 saturated heterocycles. The zero-order valence-electron chi connectivity index (χ0n) is 25.4. The Kier molecular flexibility index (Phi) is 8.63. The Labute approximate surface area is 253 Å². The molecule has 1 aromatic heterocycles. The second kappa shape index (κ2) is 12.7. The maximum atomic E-state index is 14.1. The molecule has 0 saturated carbocycles. The number of morpholine rings is 2. The molecule has 4 aliphatic heterocycles. The highest BCUT2D eigenvalue weighted by Gasteiger charge is 2.34. The van der Waals surface area contributed by atoms with Gasteiger partial charge in [-0.25, -0.2) is 14.8 Å². The summed E-state index contributed by atoms with van der Waals surface area (Å²) in [6, 6.07) is 8.02. The average Bonchev–Trinajstić information content (AvgIpc) is 3.49. The topological polar surface area (TPSA) is 119 Å². The van der Waals surface area contributed by atoms with Crippen LogP contribution in [0.5, 0.6) is 0 Å². The fourth-order valence-electron chi connectivity index (χ4n) is 5.83. The molecule has 0 aliphatic carbocycles. The van der Waals surface area contributed by atoms with E-state index < -0.39 is 0 Å². The standard InChI is InChI=1S/C30H42N10O3/c1-35(9-10-38-11-15-42-16-12-38)23-5-4-6-24(19-23)37(3)30(41)40-8-7-25-26(22-20-32-28(31)36(2)21-22)33-29(34-27(25)40)39-13-17-43-18-14-39/h4-6,19-20H,7-18,21H2,1-3H3,(H2,31,32). The Morgan fingerprint density at radius 1 is 1.00 bits per heavy atom. The van der Waals surface area contributed by atoms with Gasteiger partial charge >= 0.3 is 6.03 Å². The molecule has 2 amide bonds. The van der Waals surface area contributed by atoms with Crippen molar-refractivity contribution in [2.45, 2.75) is 6.42 Å². The van der Waals surface area contributed by atoms with Crippen molar-refractivity contribution in [3.8, 4) is 0 Å². The van der Waals surface area contributed by atoms with Crippen LogP contribution in [-0.2, 0) is 15.9 Å². The molecule has 0 radical (unpaired) electrons. The van der Waals surface area contributed by atoms with Crippen LogP contribution in [0.1, 0.15) is 11.3 Å². The summed E-state index contributed by atoms with van der Waals surface area (Å²) in [7, 11) is 5.84. The lowest BCUT2D eigenvalue weighted by Crippen LogP contribution is -2.42. The summed E-state index contributed by atoms with van der Waals surface area (Å²) >= 11 is 0. The molecule has 0 atom stereocenters. The van der Waals surface area contributed by atoms with E-state index in [1.807, 2.05) is 31.1 Å². The van der Waals surface area contributed by atoms with E-state index in [1.54, 1.807) is 16.0 Å². The smallest absolute Gasteiger partial charge is 0.329 e. The van der Waals surface area contributed by atoms with Crippen LogP contribution in [0.2, 0.25) is 0 Å². The molecule has 0 unspecified atom stereocenters. The number of urea groups is 1. The number of rotatable bonds is 7. The van der Waals surface area contributed by atoms with E-state index in [-0.39, 0.29) is 6.03 Å². The minimum atomic E-state index is -0.124. The van der Waals surface area contributed by atoms with Gasteiger partial charge in [0.05, 0.1) is 32.1 Å². The largest absolute Gasteiger partial charge is 0.379 e. The van der Waals surface area contributed by atoms with Gasteiger partial charge in [-0.2, -0.15) is 4.98 Å². The average molecular weight is 591 g/mol. The van der Waals surface area contributed by atoms with Crippen LogP contribution in [0.4, 0.5) is 27.9 Å². The number of ether oxygens (including phenoxy) is 2. The summed E-state index contributed by atoms with van der Waals surface area (Å²) in [5.74, 6) is 1.73. The zero-order valence-corrected chi connectivity index (χ0v) is 25.4. The van der Waals surface area contributed by atoms with Crippen LogP contribution in [0.3, 0.4) is 0 Å². The summed E-state index contributed by atoms with van der Waals surface area (Å²) in [5.41, 5.74) is 10.7. The number of aromatic nitrogens is 2. The second-order valence-electron chi connectivity index (χ2n) is 11.4. The van der Waals surface area contributed by atoms with Crippen LogP contribution in [-0.4, -0.2) is 132 Å². The molecule has 13 heteroatoms. The maximum absolute atomic E-state index is 14.1. The fraction of sp³-hybridized carbons (Fsp3) is 0.533. The lowest BCUT2D eigenvalue weighted by Gasteiger charge is -2.30. The lowest BCUT2D eigenvalue weighted by molar-refractivity contribution is 0.0393. The normalized spacial score (nSPS) is 19.2. The van der Waals surface area contributed by atoms with Crippen molar-refractivity contribution in [2.75, 3.05) is 120 Å². The van der Waals surface area contributed by atoms with Crippen molar-refractivity contribution in [3.63, 3.8) is 0 Å². The van der Waals surface area contributed by atoms with Crippen molar-refractivity contribution in [1.29, 1.82) is 0 Å². The predicted molar refractivity (Wildman–Crippen MR) is 169 cm³/mol. The van der Waals surface area contributed by atoms with E-state index in [1.165, 1.54) is 0 Å². The molecule has 6 rings (SSSR count). The van der Waals surface area contributed by atoms with Crippen molar-refractivity contribution in [2.24, 2.45) is 10.7 Å². The number of guanidine groups is 1. The monoisotopic (exact) mass is 590 g/mol. The van der Waals surface area contributed by atoms with Gasteiger partial charge < -0.3 is 29.9 Å². The first-order valence-corrected chi connectivity index (χ1v) is 15.0. The number of hydrogen-bond acceptors (Lipinski definition) is 11. The highest BCUT2D eigenvalue weighted by Crippen LogP contribution is 2.35. The Morgan fingerprint density at radius 3 is 2.47 bits per heavy atom. The van der Waals surface area contributed by atoms with E-state index in [0.29, 0.717) is 63.5 Å². The van der Waals surface area contributed by atoms with E-state index in [9.17, 15) is 4.79 Å². The van der Waals surface area contributed by atoms with Gasteiger partial charge in [0.15, 0.2) is 5.96 Å². The highest BCUT2D eigenvalue weighted by molar-refractivity contribution is 6.04. The molecule has 13 nitrogen and oxygen atoms in total. The second-order valence-corrected chi connectivity index (χ2v) is 11.4. The van der Waals surface area contributed by atoms with E-state index in [0.717, 1.165) is 67.6 Å². The summed E-state index contributed by atoms with van der Waals surface area (Å²) in [6.45, 7) is 9.13. The zero-order chi connectivity index (χ0) is 29.9. The number of likely N-dealkylation sites (N-methyl/N-ethyl adjacent to an activating group) is 2. The molecule has 2 aromatic rings. The van der Waals surface area contributed by atoms with Crippen molar-refractivity contribution < 1.29 is 14.3 Å². The lowest BCUT2D eigenvalue weighted by atomic mass is 10.1. The Hall–Kier alpha value is -3.94. The molecule has 230 valence electrons. The van der Waals surface area contributed by atoms with Gasteiger partial charge in [0.1, 0.15) is 5.82 Å². The summed E-state index contributed by atoms with van der Waals surface area (Å²) in [6.07, 6.45) is 2.46. The number of anilines is 4. The van der Waals surface area contributed by atoms with Gasteiger partial charge in [0, 0.05) is 102 Å². The molecule has 1 aromatic carbocycles. The van der Waals surface area contributed by atoms with Crippen LogP contribution in [0, 0.1) is 0 Å². The first-order chi connectivity index (χ1) is 20.9. The number of benzene rings is 1. The van der Waals surface area contributed by atoms with Gasteiger partial charge in [-0.3, -0.25) is 14.7 Å². The van der Waals surface area contributed by atoms with Crippen LogP contribution < -0.4 is 25.3 Å². The molecule has 0 spiro atoms. The number of carbonyl (C=O) groups excluding carboxylic acids is 1. The van der Waals surface area contributed by atoms with E-state index in [2.05, 4.69) is 38.9 Å². The molecule has 2 fully saturated rings. The molecule has 2 N–H and O–H groups in total. The number of aliphatic imine (C=N–C) groups is 1. The number of nitrogens with zero attached hydrogens (tertiary/aromatic N) is 9.